The first-order valence-corrected chi connectivity index (χ1v) is 6.23. The van der Waals surface area contributed by atoms with E-state index >= 15 is 0 Å². The van der Waals surface area contributed by atoms with Crippen LogP contribution in [0.1, 0.15) is 5.56 Å². The van der Waals surface area contributed by atoms with Crippen LogP contribution >= 0.6 is 23.4 Å². The largest absolute Gasteiger partial charge is 0.316 e. The zero-order chi connectivity index (χ0) is 12.3. The van der Waals surface area contributed by atoms with E-state index in [0.717, 1.165) is 16.6 Å². The summed E-state index contributed by atoms with van der Waals surface area (Å²) in [6, 6.07) is 5.81. The maximum atomic E-state index is 6.00. The van der Waals surface area contributed by atoms with Gasteiger partial charge in [-0.3, -0.25) is 0 Å². The number of rotatable bonds is 4. The van der Waals surface area contributed by atoms with Crippen LogP contribution in [0, 0.1) is 0 Å². The summed E-state index contributed by atoms with van der Waals surface area (Å²) in [5, 5.41) is 15.9. The molecule has 90 valence electrons. The second-order valence-corrected chi connectivity index (χ2v) is 4.92. The minimum absolute atomic E-state index is 0.711. The van der Waals surface area contributed by atoms with Gasteiger partial charge < -0.3 is 5.32 Å². The summed E-state index contributed by atoms with van der Waals surface area (Å²) in [5.74, 6) is 0. The van der Waals surface area contributed by atoms with Gasteiger partial charge in [-0.05, 0) is 46.9 Å². The standard InChI is InChI=1S/C10H12ClN5S/c1-12-6-7-3-4-8(11)5-9(7)17-10-13-14-15-16(10)2/h3-5,12H,6H2,1-2H3. The zero-order valence-corrected chi connectivity index (χ0v) is 11.1. The highest BCUT2D eigenvalue weighted by molar-refractivity contribution is 7.99. The fraction of sp³-hybridized carbons (Fsp3) is 0.300. The third-order valence-electron chi connectivity index (χ3n) is 2.18. The van der Waals surface area contributed by atoms with Crippen molar-refractivity contribution < 1.29 is 0 Å². The summed E-state index contributed by atoms with van der Waals surface area (Å²) in [5.41, 5.74) is 1.17. The van der Waals surface area contributed by atoms with Crippen LogP contribution in [0.5, 0.6) is 0 Å². The molecule has 1 aromatic heterocycles. The number of aryl methyl sites for hydroxylation is 1. The summed E-state index contributed by atoms with van der Waals surface area (Å²) in [6.07, 6.45) is 0. The molecule has 5 nitrogen and oxygen atoms in total. The van der Waals surface area contributed by atoms with Gasteiger partial charge >= 0.3 is 0 Å². The molecule has 2 aromatic rings. The number of benzene rings is 1. The second-order valence-electron chi connectivity index (χ2n) is 3.47. The van der Waals surface area contributed by atoms with Gasteiger partial charge in [0.25, 0.3) is 0 Å². The van der Waals surface area contributed by atoms with Gasteiger partial charge in [-0.1, -0.05) is 17.7 Å². The Labute approximate surface area is 109 Å². The summed E-state index contributed by atoms with van der Waals surface area (Å²) < 4.78 is 1.63. The molecule has 0 unspecified atom stereocenters. The predicted molar refractivity (Wildman–Crippen MR) is 67.1 cm³/mol. The normalized spacial score (nSPS) is 10.8. The summed E-state index contributed by atoms with van der Waals surface area (Å²) >= 11 is 7.51. The van der Waals surface area contributed by atoms with Crippen molar-refractivity contribution in [1.29, 1.82) is 0 Å². The van der Waals surface area contributed by atoms with Gasteiger partial charge in [0.05, 0.1) is 0 Å². The number of aromatic nitrogens is 4. The zero-order valence-electron chi connectivity index (χ0n) is 9.51. The van der Waals surface area contributed by atoms with Crippen LogP contribution in [0.3, 0.4) is 0 Å². The van der Waals surface area contributed by atoms with E-state index in [2.05, 4.69) is 20.8 Å². The van der Waals surface area contributed by atoms with Crippen molar-refractivity contribution in [3.63, 3.8) is 0 Å². The molecule has 0 radical (unpaired) electrons. The van der Waals surface area contributed by atoms with Crippen LogP contribution in [-0.2, 0) is 13.6 Å². The summed E-state index contributed by atoms with van der Waals surface area (Å²) in [7, 11) is 3.72. The Hall–Kier alpha value is -1.11. The monoisotopic (exact) mass is 269 g/mol. The van der Waals surface area contributed by atoms with E-state index in [4.69, 9.17) is 11.6 Å². The Bertz CT molecular complexity index is 513. The Morgan fingerprint density at radius 3 is 2.94 bits per heavy atom. The fourth-order valence-corrected chi connectivity index (χ4v) is 2.50. The molecule has 17 heavy (non-hydrogen) atoms. The van der Waals surface area contributed by atoms with Crippen molar-refractivity contribution in [2.45, 2.75) is 16.6 Å². The maximum Gasteiger partial charge on any atom is 0.213 e. The maximum absolute atomic E-state index is 6.00. The first kappa shape index (κ1) is 12.3. The number of hydrogen-bond donors (Lipinski definition) is 1. The third kappa shape index (κ3) is 2.96. The van der Waals surface area contributed by atoms with Crippen molar-refractivity contribution in [3.05, 3.63) is 28.8 Å². The van der Waals surface area contributed by atoms with Crippen molar-refractivity contribution in [2.24, 2.45) is 7.05 Å². The van der Waals surface area contributed by atoms with E-state index in [1.807, 2.05) is 32.3 Å². The van der Waals surface area contributed by atoms with Crippen LogP contribution in [-0.4, -0.2) is 27.3 Å². The third-order valence-corrected chi connectivity index (χ3v) is 3.54. The van der Waals surface area contributed by atoms with E-state index in [0.29, 0.717) is 5.02 Å². The number of nitrogens with zero attached hydrogens (tertiary/aromatic N) is 4. The molecule has 0 saturated heterocycles. The van der Waals surface area contributed by atoms with E-state index in [1.54, 1.807) is 4.68 Å². The molecule has 1 aromatic carbocycles. The number of halogens is 1. The number of tetrazole rings is 1. The SMILES string of the molecule is CNCc1ccc(Cl)cc1Sc1nnnn1C. The molecule has 0 aliphatic rings. The van der Waals surface area contributed by atoms with E-state index in [9.17, 15) is 0 Å². The molecule has 2 rings (SSSR count). The van der Waals surface area contributed by atoms with Crippen molar-refractivity contribution >= 4 is 23.4 Å². The predicted octanol–water partition coefficient (Wildman–Crippen LogP) is 1.73. The molecule has 7 heteroatoms. The van der Waals surface area contributed by atoms with E-state index in [-0.39, 0.29) is 0 Å². The smallest absolute Gasteiger partial charge is 0.213 e. The lowest BCUT2D eigenvalue weighted by Gasteiger charge is -2.08. The highest BCUT2D eigenvalue weighted by Gasteiger charge is 2.09. The van der Waals surface area contributed by atoms with Gasteiger partial charge in [-0.15, -0.1) is 5.10 Å². The van der Waals surface area contributed by atoms with Crippen molar-refractivity contribution in [1.82, 2.24) is 25.5 Å². The van der Waals surface area contributed by atoms with Crippen LogP contribution in [0.4, 0.5) is 0 Å². The average Bonchev–Trinajstić information content (AvgIpc) is 2.69. The molecule has 0 bridgehead atoms. The Morgan fingerprint density at radius 1 is 1.47 bits per heavy atom. The quantitative estimate of drug-likeness (QED) is 0.916. The molecular formula is C10H12ClN5S. The van der Waals surface area contributed by atoms with E-state index in [1.165, 1.54) is 17.3 Å². The van der Waals surface area contributed by atoms with Gasteiger partial charge in [0.1, 0.15) is 0 Å². The summed E-state index contributed by atoms with van der Waals surface area (Å²) in [6.45, 7) is 0.783. The lowest BCUT2D eigenvalue weighted by atomic mass is 10.2. The minimum Gasteiger partial charge on any atom is -0.316 e. The second kappa shape index (κ2) is 5.48. The van der Waals surface area contributed by atoms with Gasteiger partial charge in [0, 0.05) is 23.5 Å². The van der Waals surface area contributed by atoms with Gasteiger partial charge in [0.2, 0.25) is 5.16 Å². The molecule has 0 amide bonds. The van der Waals surface area contributed by atoms with Gasteiger partial charge in [-0.2, -0.15) is 0 Å². The topological polar surface area (TPSA) is 55.6 Å². The fourth-order valence-electron chi connectivity index (χ4n) is 1.37. The molecule has 0 saturated carbocycles. The van der Waals surface area contributed by atoms with Crippen LogP contribution < -0.4 is 5.32 Å². The molecule has 0 spiro atoms. The Kier molecular flexibility index (Phi) is 3.98. The molecule has 0 aliphatic carbocycles. The average molecular weight is 270 g/mol. The molecular weight excluding hydrogens is 258 g/mol. The van der Waals surface area contributed by atoms with Crippen LogP contribution in [0.25, 0.3) is 0 Å². The molecule has 0 fully saturated rings. The molecule has 0 atom stereocenters. The summed E-state index contributed by atoms with van der Waals surface area (Å²) in [4.78, 5) is 1.06. The first-order valence-electron chi connectivity index (χ1n) is 5.04. The molecule has 1 N–H and O–H groups in total. The highest BCUT2D eigenvalue weighted by atomic mass is 35.5. The molecule has 1 heterocycles. The lowest BCUT2D eigenvalue weighted by molar-refractivity contribution is 0.664. The van der Waals surface area contributed by atoms with Crippen molar-refractivity contribution in [2.75, 3.05) is 7.05 Å². The Balaban J connectivity index is 2.30. The van der Waals surface area contributed by atoms with Crippen LogP contribution in [0.15, 0.2) is 28.3 Å². The van der Waals surface area contributed by atoms with Crippen molar-refractivity contribution in [3.8, 4) is 0 Å². The molecule has 0 aliphatic heterocycles. The first-order chi connectivity index (χ1) is 8.20. The lowest BCUT2D eigenvalue weighted by Crippen LogP contribution is -2.06. The minimum atomic E-state index is 0.711. The van der Waals surface area contributed by atoms with Crippen LogP contribution in [0.2, 0.25) is 5.02 Å². The van der Waals surface area contributed by atoms with Gasteiger partial charge in [0.15, 0.2) is 0 Å². The number of nitrogens with one attached hydrogen (secondary N) is 1. The van der Waals surface area contributed by atoms with E-state index < -0.39 is 0 Å². The highest BCUT2D eigenvalue weighted by Crippen LogP contribution is 2.30. The Morgan fingerprint density at radius 2 is 2.29 bits per heavy atom. The number of hydrogen-bond acceptors (Lipinski definition) is 5. The van der Waals surface area contributed by atoms with Gasteiger partial charge in [-0.25, -0.2) is 4.68 Å².